The highest BCUT2D eigenvalue weighted by Gasteiger charge is 2.19. The Hall–Kier alpha value is -1.13. The van der Waals surface area contributed by atoms with Gasteiger partial charge in [-0.2, -0.15) is 0 Å². The quantitative estimate of drug-likeness (QED) is 0.858. The van der Waals surface area contributed by atoms with E-state index in [4.69, 9.17) is 10.5 Å². The van der Waals surface area contributed by atoms with Crippen molar-refractivity contribution in [2.24, 2.45) is 5.73 Å². The second kappa shape index (κ2) is 5.47. The summed E-state index contributed by atoms with van der Waals surface area (Å²) < 4.78 is 5.99. The van der Waals surface area contributed by atoms with Crippen LogP contribution in [0.3, 0.4) is 0 Å². The zero-order chi connectivity index (χ0) is 12.3. The summed E-state index contributed by atoms with van der Waals surface area (Å²) in [6.07, 6.45) is 2.41. The van der Waals surface area contributed by atoms with Crippen molar-refractivity contribution in [2.75, 3.05) is 20.1 Å². The molecule has 4 heteroatoms. The molecule has 94 valence electrons. The predicted octanol–water partition coefficient (Wildman–Crippen LogP) is 1.32. The first-order valence-electron chi connectivity index (χ1n) is 6.21. The van der Waals surface area contributed by atoms with Gasteiger partial charge >= 0.3 is 0 Å². The van der Waals surface area contributed by atoms with Crippen LogP contribution >= 0.6 is 0 Å². The summed E-state index contributed by atoms with van der Waals surface area (Å²) >= 11 is 0. The number of piperidine rings is 1. The summed E-state index contributed by atoms with van der Waals surface area (Å²) in [6, 6.07) is 3.98. The van der Waals surface area contributed by atoms with E-state index in [-0.39, 0.29) is 6.10 Å². The Kier molecular flexibility index (Phi) is 3.97. The van der Waals surface area contributed by atoms with Gasteiger partial charge in [-0.1, -0.05) is 6.07 Å². The van der Waals surface area contributed by atoms with Gasteiger partial charge < -0.3 is 15.4 Å². The third kappa shape index (κ3) is 3.17. The molecular weight excluding hydrogens is 214 g/mol. The number of aryl methyl sites for hydroxylation is 1. The second-order valence-corrected chi connectivity index (χ2v) is 4.74. The van der Waals surface area contributed by atoms with Crippen LogP contribution in [-0.4, -0.2) is 36.1 Å². The number of hydrogen-bond acceptors (Lipinski definition) is 4. The van der Waals surface area contributed by atoms with Gasteiger partial charge in [0, 0.05) is 30.9 Å². The number of likely N-dealkylation sites (tertiary alicyclic amines) is 1. The second-order valence-electron chi connectivity index (χ2n) is 4.74. The Bertz CT molecular complexity index is 373. The van der Waals surface area contributed by atoms with Crippen LogP contribution in [0.5, 0.6) is 5.88 Å². The molecule has 1 saturated heterocycles. The summed E-state index contributed by atoms with van der Waals surface area (Å²) in [5.41, 5.74) is 7.67. The van der Waals surface area contributed by atoms with E-state index in [2.05, 4.69) is 16.9 Å². The number of nitrogens with zero attached hydrogens (tertiary/aromatic N) is 2. The van der Waals surface area contributed by atoms with Crippen LogP contribution in [0.25, 0.3) is 0 Å². The lowest BCUT2D eigenvalue weighted by molar-refractivity contribution is 0.109. The highest BCUT2D eigenvalue weighted by atomic mass is 16.5. The van der Waals surface area contributed by atoms with E-state index in [0.29, 0.717) is 6.54 Å². The molecule has 0 spiro atoms. The van der Waals surface area contributed by atoms with Crippen molar-refractivity contribution in [3.05, 3.63) is 23.4 Å². The van der Waals surface area contributed by atoms with Crippen LogP contribution in [-0.2, 0) is 6.54 Å². The van der Waals surface area contributed by atoms with Gasteiger partial charge in [-0.15, -0.1) is 0 Å². The monoisotopic (exact) mass is 235 g/mol. The summed E-state index contributed by atoms with van der Waals surface area (Å²) in [5.74, 6) is 0.724. The molecule has 2 rings (SSSR count). The number of rotatable bonds is 3. The molecule has 0 saturated carbocycles. The van der Waals surface area contributed by atoms with Gasteiger partial charge in [0.15, 0.2) is 0 Å². The molecule has 0 bridgehead atoms. The lowest BCUT2D eigenvalue weighted by Crippen LogP contribution is -2.36. The molecule has 0 aromatic carbocycles. The molecule has 0 aliphatic carbocycles. The fraction of sp³-hybridized carbons (Fsp3) is 0.615. The zero-order valence-corrected chi connectivity index (χ0v) is 10.6. The largest absolute Gasteiger partial charge is 0.474 e. The van der Waals surface area contributed by atoms with Crippen molar-refractivity contribution in [3.8, 4) is 5.88 Å². The molecule has 1 aliphatic heterocycles. The molecule has 1 fully saturated rings. The minimum Gasteiger partial charge on any atom is -0.474 e. The highest BCUT2D eigenvalue weighted by Crippen LogP contribution is 2.20. The summed E-state index contributed by atoms with van der Waals surface area (Å²) in [4.78, 5) is 6.77. The first kappa shape index (κ1) is 12.3. The molecule has 0 radical (unpaired) electrons. The standard InChI is InChI=1S/C13H21N3O/c1-10-3-4-11(9-14)13(15-10)17-12-5-7-16(2)8-6-12/h3-4,12H,5-9,14H2,1-2H3. The van der Waals surface area contributed by atoms with E-state index in [1.807, 2.05) is 19.1 Å². The normalized spacial score (nSPS) is 18.3. The van der Waals surface area contributed by atoms with Crippen molar-refractivity contribution < 1.29 is 4.74 Å². The molecule has 1 aromatic heterocycles. The maximum absolute atomic E-state index is 5.99. The van der Waals surface area contributed by atoms with Gasteiger partial charge in [-0.05, 0) is 32.9 Å². The van der Waals surface area contributed by atoms with Crippen molar-refractivity contribution in [1.82, 2.24) is 9.88 Å². The predicted molar refractivity (Wildman–Crippen MR) is 68.0 cm³/mol. The van der Waals surface area contributed by atoms with E-state index >= 15 is 0 Å². The average Bonchev–Trinajstić information content (AvgIpc) is 2.32. The van der Waals surface area contributed by atoms with Gasteiger partial charge in [0.2, 0.25) is 5.88 Å². The van der Waals surface area contributed by atoms with Crippen LogP contribution in [0.1, 0.15) is 24.1 Å². The third-order valence-electron chi connectivity index (χ3n) is 3.24. The molecule has 0 unspecified atom stereocenters. The molecule has 2 N–H and O–H groups in total. The van der Waals surface area contributed by atoms with Gasteiger partial charge in [-0.25, -0.2) is 4.98 Å². The number of aromatic nitrogens is 1. The number of hydrogen-bond donors (Lipinski definition) is 1. The van der Waals surface area contributed by atoms with E-state index in [0.717, 1.165) is 43.1 Å². The van der Waals surface area contributed by atoms with Gasteiger partial charge in [0.1, 0.15) is 6.10 Å². The minimum absolute atomic E-state index is 0.283. The number of ether oxygens (including phenoxy) is 1. The van der Waals surface area contributed by atoms with Crippen molar-refractivity contribution >= 4 is 0 Å². The Balaban J connectivity index is 2.04. The SMILES string of the molecule is Cc1ccc(CN)c(OC2CCN(C)CC2)n1. The molecule has 0 atom stereocenters. The molecule has 0 amide bonds. The number of nitrogens with two attached hydrogens (primary N) is 1. The smallest absolute Gasteiger partial charge is 0.218 e. The topological polar surface area (TPSA) is 51.4 Å². The van der Waals surface area contributed by atoms with Gasteiger partial charge in [-0.3, -0.25) is 0 Å². The van der Waals surface area contributed by atoms with E-state index in [1.165, 1.54) is 0 Å². The molecule has 1 aliphatic rings. The maximum atomic E-state index is 5.99. The van der Waals surface area contributed by atoms with Crippen LogP contribution in [0.4, 0.5) is 0 Å². The van der Waals surface area contributed by atoms with Crippen molar-refractivity contribution in [1.29, 1.82) is 0 Å². The third-order valence-corrected chi connectivity index (χ3v) is 3.24. The van der Waals surface area contributed by atoms with Gasteiger partial charge in [0.05, 0.1) is 0 Å². The van der Waals surface area contributed by atoms with Crippen LogP contribution in [0, 0.1) is 6.92 Å². The Morgan fingerprint density at radius 3 is 2.76 bits per heavy atom. The van der Waals surface area contributed by atoms with Crippen molar-refractivity contribution in [2.45, 2.75) is 32.4 Å². The lowest BCUT2D eigenvalue weighted by atomic mass is 10.1. The van der Waals surface area contributed by atoms with Crippen LogP contribution < -0.4 is 10.5 Å². The summed E-state index contributed by atoms with van der Waals surface area (Å²) in [7, 11) is 2.15. The number of pyridine rings is 1. The average molecular weight is 235 g/mol. The van der Waals surface area contributed by atoms with Crippen LogP contribution in [0.2, 0.25) is 0 Å². The Labute approximate surface area is 103 Å². The first-order chi connectivity index (χ1) is 8.19. The first-order valence-corrected chi connectivity index (χ1v) is 6.21. The van der Waals surface area contributed by atoms with E-state index in [1.54, 1.807) is 0 Å². The fourth-order valence-electron chi connectivity index (χ4n) is 2.08. The molecule has 2 heterocycles. The minimum atomic E-state index is 0.283. The summed E-state index contributed by atoms with van der Waals surface area (Å²) in [5, 5.41) is 0. The zero-order valence-electron chi connectivity index (χ0n) is 10.6. The highest BCUT2D eigenvalue weighted by molar-refractivity contribution is 5.28. The lowest BCUT2D eigenvalue weighted by Gasteiger charge is -2.29. The van der Waals surface area contributed by atoms with E-state index in [9.17, 15) is 0 Å². The Morgan fingerprint density at radius 1 is 1.41 bits per heavy atom. The van der Waals surface area contributed by atoms with Gasteiger partial charge in [0.25, 0.3) is 0 Å². The molecular formula is C13H21N3O. The fourth-order valence-corrected chi connectivity index (χ4v) is 2.08. The van der Waals surface area contributed by atoms with Crippen molar-refractivity contribution in [3.63, 3.8) is 0 Å². The summed E-state index contributed by atoms with van der Waals surface area (Å²) in [6.45, 7) is 4.64. The van der Waals surface area contributed by atoms with Crippen LogP contribution in [0.15, 0.2) is 12.1 Å². The molecule has 4 nitrogen and oxygen atoms in total. The maximum Gasteiger partial charge on any atom is 0.218 e. The molecule has 17 heavy (non-hydrogen) atoms. The van der Waals surface area contributed by atoms with E-state index < -0.39 is 0 Å². The Morgan fingerprint density at radius 2 is 2.12 bits per heavy atom. The molecule has 1 aromatic rings.